The van der Waals surface area contributed by atoms with Gasteiger partial charge in [0.2, 0.25) is 5.91 Å². The molecule has 7 nitrogen and oxygen atoms in total. The van der Waals surface area contributed by atoms with Crippen molar-refractivity contribution in [2.24, 2.45) is 7.05 Å². The second-order valence-corrected chi connectivity index (χ2v) is 7.07. The number of hydrogen-bond donors (Lipinski definition) is 1. The summed E-state index contributed by atoms with van der Waals surface area (Å²) in [5, 5.41) is 8.89. The topological polar surface area (TPSA) is 72.2 Å². The van der Waals surface area contributed by atoms with Crippen LogP contribution < -0.4 is 10.9 Å². The van der Waals surface area contributed by atoms with E-state index in [9.17, 15) is 9.59 Å². The van der Waals surface area contributed by atoms with Crippen LogP contribution in [0.15, 0.2) is 35.3 Å². The second kappa shape index (κ2) is 8.56. The molecule has 1 amide bonds. The zero-order chi connectivity index (χ0) is 20.3. The first-order valence-corrected chi connectivity index (χ1v) is 9.94. The number of nitrogens with one attached hydrogen (secondary N) is 1. The number of benzene rings is 1. The number of nitrogens with zero attached hydrogens (tertiary/aromatic N) is 4. The fourth-order valence-corrected chi connectivity index (χ4v) is 3.71. The molecule has 0 aliphatic carbocycles. The molecule has 1 aromatic carbocycles. The Bertz CT molecular complexity index is 1030. The quantitative estimate of drug-likeness (QED) is 0.606. The van der Waals surface area contributed by atoms with Gasteiger partial charge in [0, 0.05) is 24.4 Å². The molecule has 0 radical (unpaired) electrons. The molecule has 0 spiro atoms. The SMILES string of the molecule is CCN(CC)CCCNC(=O)[C@@H](C)n1c2ccccc2c2cnn(C)c(=O)c21. The number of aromatic nitrogens is 3. The maximum atomic E-state index is 12.8. The Hall–Kier alpha value is -2.67. The standard InChI is InChI=1S/C21H29N5O2/c1-5-25(6-2)13-9-12-22-20(27)15(3)26-18-11-8-7-10-16(18)17-14-23-24(4)21(28)19(17)26/h7-8,10-11,14-15H,5-6,9,12-13H2,1-4H3,(H,22,27)/t15-/m1/s1. The van der Waals surface area contributed by atoms with Crippen molar-refractivity contribution in [3.8, 4) is 0 Å². The van der Waals surface area contributed by atoms with E-state index >= 15 is 0 Å². The minimum atomic E-state index is -0.494. The lowest BCUT2D eigenvalue weighted by molar-refractivity contribution is -0.123. The fraction of sp³-hybridized carbons (Fsp3) is 0.476. The maximum Gasteiger partial charge on any atom is 0.291 e. The Morgan fingerprint density at radius 2 is 1.93 bits per heavy atom. The Labute approximate surface area is 164 Å². The van der Waals surface area contributed by atoms with Crippen molar-refractivity contribution in [1.82, 2.24) is 24.6 Å². The first-order valence-electron chi connectivity index (χ1n) is 9.94. The van der Waals surface area contributed by atoms with E-state index in [0.29, 0.717) is 12.1 Å². The van der Waals surface area contributed by atoms with E-state index in [1.54, 1.807) is 13.2 Å². The summed E-state index contributed by atoms with van der Waals surface area (Å²) >= 11 is 0. The monoisotopic (exact) mass is 383 g/mol. The van der Waals surface area contributed by atoms with E-state index < -0.39 is 6.04 Å². The zero-order valence-electron chi connectivity index (χ0n) is 17.1. The largest absolute Gasteiger partial charge is 0.354 e. The average Bonchev–Trinajstić information content (AvgIpc) is 3.05. The van der Waals surface area contributed by atoms with E-state index in [0.717, 1.165) is 42.3 Å². The van der Waals surface area contributed by atoms with Gasteiger partial charge in [-0.3, -0.25) is 9.59 Å². The first-order chi connectivity index (χ1) is 13.5. The van der Waals surface area contributed by atoms with Gasteiger partial charge in [-0.1, -0.05) is 32.0 Å². The van der Waals surface area contributed by atoms with Crippen LogP contribution in [0.3, 0.4) is 0 Å². The van der Waals surface area contributed by atoms with E-state index in [-0.39, 0.29) is 11.5 Å². The summed E-state index contributed by atoms with van der Waals surface area (Å²) in [6.45, 7) is 9.73. The minimum Gasteiger partial charge on any atom is -0.354 e. The van der Waals surface area contributed by atoms with E-state index in [1.807, 2.05) is 35.8 Å². The van der Waals surface area contributed by atoms with Gasteiger partial charge in [0.05, 0.1) is 11.7 Å². The minimum absolute atomic E-state index is 0.0823. The summed E-state index contributed by atoms with van der Waals surface area (Å²) in [6, 6.07) is 7.26. The van der Waals surface area contributed by atoms with Crippen LogP contribution in [0.4, 0.5) is 0 Å². The molecule has 28 heavy (non-hydrogen) atoms. The number of para-hydroxylation sites is 1. The lowest BCUT2D eigenvalue weighted by atomic mass is 10.2. The highest BCUT2D eigenvalue weighted by atomic mass is 16.2. The third-order valence-corrected chi connectivity index (χ3v) is 5.42. The number of fused-ring (bicyclic) bond motifs is 3. The smallest absolute Gasteiger partial charge is 0.291 e. The van der Waals surface area contributed by atoms with Gasteiger partial charge in [-0.25, -0.2) is 4.68 Å². The van der Waals surface area contributed by atoms with Crippen molar-refractivity contribution < 1.29 is 4.79 Å². The molecule has 0 bridgehead atoms. The van der Waals surface area contributed by atoms with Gasteiger partial charge in [-0.05, 0) is 39.0 Å². The summed E-state index contributed by atoms with van der Waals surface area (Å²) in [7, 11) is 1.63. The van der Waals surface area contributed by atoms with Crippen LogP contribution in [0.5, 0.6) is 0 Å². The normalized spacial score (nSPS) is 12.8. The number of aryl methyl sites for hydroxylation is 1. The van der Waals surface area contributed by atoms with Gasteiger partial charge >= 0.3 is 0 Å². The van der Waals surface area contributed by atoms with Gasteiger partial charge in [-0.15, -0.1) is 0 Å². The van der Waals surface area contributed by atoms with Crippen LogP contribution in [-0.2, 0) is 11.8 Å². The molecule has 2 heterocycles. The van der Waals surface area contributed by atoms with E-state index in [2.05, 4.69) is 29.2 Å². The summed E-state index contributed by atoms with van der Waals surface area (Å²) in [5.74, 6) is -0.0823. The Kier molecular flexibility index (Phi) is 6.14. The number of amides is 1. The Morgan fingerprint density at radius 1 is 1.21 bits per heavy atom. The van der Waals surface area contributed by atoms with Gasteiger partial charge in [0.15, 0.2) is 0 Å². The molecule has 0 aliphatic rings. The summed E-state index contributed by atoms with van der Waals surface area (Å²) in [4.78, 5) is 28.0. The fourth-order valence-electron chi connectivity index (χ4n) is 3.71. The van der Waals surface area contributed by atoms with Crippen LogP contribution in [-0.4, -0.2) is 51.3 Å². The molecule has 150 valence electrons. The van der Waals surface area contributed by atoms with Crippen molar-refractivity contribution in [1.29, 1.82) is 0 Å². The van der Waals surface area contributed by atoms with Crippen LogP contribution in [0.2, 0.25) is 0 Å². The van der Waals surface area contributed by atoms with Gasteiger partial charge < -0.3 is 14.8 Å². The summed E-state index contributed by atoms with van der Waals surface area (Å²) < 4.78 is 3.15. The van der Waals surface area contributed by atoms with Crippen LogP contribution in [0.25, 0.3) is 21.8 Å². The lowest BCUT2D eigenvalue weighted by Crippen LogP contribution is -2.34. The van der Waals surface area contributed by atoms with Crippen LogP contribution in [0, 0.1) is 0 Å². The molecule has 3 aromatic rings. The number of carbonyl (C=O) groups excluding carboxylic acids is 1. The zero-order valence-corrected chi connectivity index (χ0v) is 17.1. The third-order valence-electron chi connectivity index (χ3n) is 5.42. The predicted octanol–water partition coefficient (Wildman–Crippen LogP) is 2.30. The number of hydrogen-bond acceptors (Lipinski definition) is 4. The third kappa shape index (κ3) is 3.67. The van der Waals surface area contributed by atoms with Crippen molar-refractivity contribution >= 4 is 27.7 Å². The molecular formula is C21H29N5O2. The molecule has 2 aromatic heterocycles. The average molecular weight is 383 g/mol. The number of carbonyl (C=O) groups is 1. The molecule has 0 fully saturated rings. The van der Waals surface area contributed by atoms with Crippen LogP contribution >= 0.6 is 0 Å². The van der Waals surface area contributed by atoms with Gasteiger partial charge in [-0.2, -0.15) is 5.10 Å². The molecule has 0 unspecified atom stereocenters. The maximum absolute atomic E-state index is 12.8. The van der Waals surface area contributed by atoms with Crippen molar-refractivity contribution in [2.45, 2.75) is 33.2 Å². The molecule has 7 heteroatoms. The molecule has 0 saturated heterocycles. The lowest BCUT2D eigenvalue weighted by Gasteiger charge is -2.19. The molecule has 0 aliphatic heterocycles. The van der Waals surface area contributed by atoms with Crippen molar-refractivity contribution in [2.75, 3.05) is 26.2 Å². The highest BCUT2D eigenvalue weighted by Gasteiger charge is 2.22. The van der Waals surface area contributed by atoms with E-state index in [4.69, 9.17) is 0 Å². The van der Waals surface area contributed by atoms with Crippen molar-refractivity contribution in [3.05, 3.63) is 40.8 Å². The second-order valence-electron chi connectivity index (χ2n) is 7.07. The van der Waals surface area contributed by atoms with E-state index in [1.165, 1.54) is 4.68 Å². The predicted molar refractivity (Wildman–Crippen MR) is 113 cm³/mol. The molecular weight excluding hydrogens is 354 g/mol. The van der Waals surface area contributed by atoms with Gasteiger partial charge in [0.25, 0.3) is 5.56 Å². The molecule has 1 atom stereocenters. The highest BCUT2D eigenvalue weighted by molar-refractivity contribution is 6.08. The molecule has 3 rings (SSSR count). The Balaban J connectivity index is 1.88. The first kappa shape index (κ1) is 20.1. The van der Waals surface area contributed by atoms with Crippen molar-refractivity contribution in [3.63, 3.8) is 0 Å². The summed E-state index contributed by atoms with van der Waals surface area (Å²) in [5.41, 5.74) is 1.19. The molecule has 0 saturated carbocycles. The Morgan fingerprint density at radius 3 is 2.64 bits per heavy atom. The van der Waals surface area contributed by atoms with Gasteiger partial charge in [0.1, 0.15) is 11.6 Å². The molecule has 1 N–H and O–H groups in total. The highest BCUT2D eigenvalue weighted by Crippen LogP contribution is 2.29. The summed E-state index contributed by atoms with van der Waals surface area (Å²) in [6.07, 6.45) is 2.60. The number of rotatable bonds is 8. The van der Waals surface area contributed by atoms with Crippen LogP contribution in [0.1, 0.15) is 33.2 Å².